The number of para-hydroxylation sites is 1. The van der Waals surface area contributed by atoms with Crippen LogP contribution in [-0.2, 0) is 4.79 Å². The average molecular weight is 373 g/mol. The molecule has 3 aromatic carbocycles. The molecule has 28 heavy (non-hydrogen) atoms. The first-order valence-electron chi connectivity index (χ1n) is 8.64. The van der Waals surface area contributed by atoms with Crippen LogP contribution in [0.3, 0.4) is 0 Å². The van der Waals surface area contributed by atoms with Crippen molar-refractivity contribution in [3.8, 4) is 11.5 Å². The van der Waals surface area contributed by atoms with Gasteiger partial charge in [0.25, 0.3) is 5.91 Å². The summed E-state index contributed by atoms with van der Waals surface area (Å²) >= 11 is 0. The zero-order chi connectivity index (χ0) is 19.8. The molecule has 6 nitrogen and oxygen atoms in total. The minimum absolute atomic E-state index is 0.166. The topological polar surface area (TPSA) is 79.8 Å². The molecule has 2 N–H and O–H groups in total. The smallest absolute Gasteiger partial charge is 0.271 e. The van der Waals surface area contributed by atoms with Crippen molar-refractivity contribution in [2.75, 3.05) is 5.32 Å². The number of hydrogen-bond donors (Lipinski definition) is 2. The van der Waals surface area contributed by atoms with Gasteiger partial charge < -0.3 is 10.1 Å². The van der Waals surface area contributed by atoms with Gasteiger partial charge in [-0.15, -0.1) is 0 Å². The van der Waals surface area contributed by atoms with Gasteiger partial charge in [-0.2, -0.15) is 5.10 Å². The van der Waals surface area contributed by atoms with Crippen LogP contribution in [0.1, 0.15) is 22.8 Å². The molecule has 0 saturated carbocycles. The van der Waals surface area contributed by atoms with E-state index in [1.165, 1.54) is 6.92 Å². The molecule has 0 aliphatic rings. The van der Waals surface area contributed by atoms with Gasteiger partial charge in [0.2, 0.25) is 5.91 Å². The van der Waals surface area contributed by atoms with Gasteiger partial charge >= 0.3 is 0 Å². The first-order chi connectivity index (χ1) is 13.6. The molecule has 0 atom stereocenters. The second kappa shape index (κ2) is 9.14. The summed E-state index contributed by atoms with van der Waals surface area (Å²) in [6.07, 6.45) is 1.54. The molecule has 0 bridgehead atoms. The number of nitrogens with zero attached hydrogens (tertiary/aromatic N) is 1. The molecule has 3 aromatic rings. The van der Waals surface area contributed by atoms with Crippen molar-refractivity contribution >= 4 is 23.7 Å². The van der Waals surface area contributed by atoms with Gasteiger partial charge in [0.05, 0.1) is 6.21 Å². The molecule has 0 unspecified atom stereocenters. The van der Waals surface area contributed by atoms with E-state index in [0.717, 1.165) is 11.3 Å². The van der Waals surface area contributed by atoms with E-state index in [1.54, 1.807) is 30.5 Å². The molecular weight excluding hydrogens is 354 g/mol. The standard InChI is InChI=1S/C22H19N3O3/c1-16(26)24-19-12-10-18(11-13-19)22(27)25-23-15-17-6-5-9-21(14-17)28-20-7-3-2-4-8-20/h2-15H,1H3,(H,24,26)(H,25,27)/b23-15+. The molecule has 6 heteroatoms. The lowest BCUT2D eigenvalue weighted by Gasteiger charge is -2.06. The SMILES string of the molecule is CC(=O)Nc1ccc(C(=O)N/N=C/c2cccc(Oc3ccccc3)c2)cc1. The molecule has 0 spiro atoms. The largest absolute Gasteiger partial charge is 0.457 e. The summed E-state index contributed by atoms with van der Waals surface area (Å²) < 4.78 is 5.78. The number of hydrazone groups is 1. The molecule has 0 heterocycles. The van der Waals surface area contributed by atoms with Crippen molar-refractivity contribution in [3.05, 3.63) is 90.0 Å². The van der Waals surface area contributed by atoms with Gasteiger partial charge in [-0.05, 0) is 54.1 Å². The van der Waals surface area contributed by atoms with Gasteiger partial charge in [-0.3, -0.25) is 9.59 Å². The molecule has 140 valence electrons. The normalized spacial score (nSPS) is 10.5. The van der Waals surface area contributed by atoms with E-state index in [9.17, 15) is 9.59 Å². The summed E-state index contributed by atoms with van der Waals surface area (Å²) in [7, 11) is 0. The summed E-state index contributed by atoms with van der Waals surface area (Å²) in [6, 6.07) is 23.4. The molecule has 0 aromatic heterocycles. The van der Waals surface area contributed by atoms with Crippen LogP contribution in [0.25, 0.3) is 0 Å². The number of benzene rings is 3. The Kier molecular flexibility index (Phi) is 6.15. The minimum atomic E-state index is -0.345. The number of amides is 2. The van der Waals surface area contributed by atoms with Crippen LogP contribution >= 0.6 is 0 Å². The van der Waals surface area contributed by atoms with Crippen molar-refractivity contribution in [2.24, 2.45) is 5.10 Å². The van der Waals surface area contributed by atoms with Gasteiger partial charge in [-0.1, -0.05) is 30.3 Å². The Morgan fingerprint density at radius 3 is 2.32 bits per heavy atom. The Morgan fingerprint density at radius 2 is 1.61 bits per heavy atom. The number of carbonyl (C=O) groups excluding carboxylic acids is 2. The third-order valence-electron chi connectivity index (χ3n) is 3.68. The zero-order valence-corrected chi connectivity index (χ0v) is 15.3. The molecule has 0 aliphatic carbocycles. The zero-order valence-electron chi connectivity index (χ0n) is 15.3. The highest BCUT2D eigenvalue weighted by Gasteiger charge is 2.04. The molecule has 0 fully saturated rings. The van der Waals surface area contributed by atoms with E-state index in [0.29, 0.717) is 17.0 Å². The average Bonchev–Trinajstić information content (AvgIpc) is 2.69. The Morgan fingerprint density at radius 1 is 0.893 bits per heavy atom. The maximum atomic E-state index is 12.1. The predicted molar refractivity (Wildman–Crippen MR) is 109 cm³/mol. The monoisotopic (exact) mass is 373 g/mol. The van der Waals surface area contributed by atoms with Gasteiger partial charge in [0, 0.05) is 18.2 Å². The second-order valence-corrected chi connectivity index (χ2v) is 5.95. The van der Waals surface area contributed by atoms with Crippen LogP contribution in [-0.4, -0.2) is 18.0 Å². The lowest BCUT2D eigenvalue weighted by atomic mass is 10.2. The van der Waals surface area contributed by atoms with Crippen LogP contribution < -0.4 is 15.5 Å². The van der Waals surface area contributed by atoms with Crippen LogP contribution in [0.5, 0.6) is 11.5 Å². The van der Waals surface area contributed by atoms with Crippen LogP contribution in [0.15, 0.2) is 84.0 Å². The highest BCUT2D eigenvalue weighted by Crippen LogP contribution is 2.21. The summed E-state index contributed by atoms with van der Waals surface area (Å²) in [5, 5.41) is 6.63. The fraction of sp³-hybridized carbons (Fsp3) is 0.0455. The predicted octanol–water partition coefficient (Wildman–Crippen LogP) is 4.20. The number of anilines is 1. The van der Waals surface area contributed by atoms with E-state index in [-0.39, 0.29) is 11.8 Å². The number of hydrogen-bond acceptors (Lipinski definition) is 4. The maximum absolute atomic E-state index is 12.1. The maximum Gasteiger partial charge on any atom is 0.271 e. The summed E-state index contributed by atoms with van der Waals surface area (Å²) in [6.45, 7) is 1.43. The first-order valence-corrected chi connectivity index (χ1v) is 8.64. The number of ether oxygens (including phenoxy) is 1. The van der Waals surface area contributed by atoms with Gasteiger partial charge in [-0.25, -0.2) is 5.43 Å². The first kappa shape index (κ1) is 18.8. The number of rotatable bonds is 6. The quantitative estimate of drug-likeness (QED) is 0.502. The summed E-state index contributed by atoms with van der Waals surface area (Å²) in [4.78, 5) is 23.2. The Bertz CT molecular complexity index is 983. The number of carbonyl (C=O) groups is 2. The molecular formula is C22H19N3O3. The van der Waals surface area contributed by atoms with E-state index >= 15 is 0 Å². The van der Waals surface area contributed by atoms with Crippen molar-refractivity contribution < 1.29 is 14.3 Å². The molecule has 0 saturated heterocycles. The van der Waals surface area contributed by atoms with E-state index in [4.69, 9.17) is 4.74 Å². The Labute approximate surface area is 162 Å². The third-order valence-corrected chi connectivity index (χ3v) is 3.68. The van der Waals surface area contributed by atoms with E-state index < -0.39 is 0 Å². The summed E-state index contributed by atoms with van der Waals surface area (Å²) in [5.41, 5.74) is 4.33. The van der Waals surface area contributed by atoms with Crippen molar-refractivity contribution in [2.45, 2.75) is 6.92 Å². The van der Waals surface area contributed by atoms with Gasteiger partial charge in [0.15, 0.2) is 0 Å². The minimum Gasteiger partial charge on any atom is -0.457 e. The molecule has 2 amide bonds. The summed E-state index contributed by atoms with van der Waals surface area (Å²) in [5.74, 6) is 0.908. The van der Waals surface area contributed by atoms with Crippen LogP contribution in [0.4, 0.5) is 5.69 Å². The van der Waals surface area contributed by atoms with Crippen molar-refractivity contribution in [1.29, 1.82) is 0 Å². The van der Waals surface area contributed by atoms with E-state index in [1.807, 2.05) is 54.6 Å². The highest BCUT2D eigenvalue weighted by atomic mass is 16.5. The van der Waals surface area contributed by atoms with E-state index in [2.05, 4.69) is 15.8 Å². The fourth-order valence-electron chi connectivity index (χ4n) is 2.42. The second-order valence-electron chi connectivity index (χ2n) is 5.95. The third kappa shape index (κ3) is 5.54. The van der Waals surface area contributed by atoms with Crippen molar-refractivity contribution in [1.82, 2.24) is 5.43 Å². The Balaban J connectivity index is 1.59. The Hall–Kier alpha value is -3.93. The molecule has 3 rings (SSSR count). The van der Waals surface area contributed by atoms with Crippen LogP contribution in [0.2, 0.25) is 0 Å². The van der Waals surface area contributed by atoms with Crippen molar-refractivity contribution in [3.63, 3.8) is 0 Å². The van der Waals surface area contributed by atoms with Gasteiger partial charge in [0.1, 0.15) is 11.5 Å². The number of nitrogens with one attached hydrogen (secondary N) is 2. The molecule has 0 radical (unpaired) electrons. The lowest BCUT2D eigenvalue weighted by molar-refractivity contribution is -0.114. The fourth-order valence-corrected chi connectivity index (χ4v) is 2.42. The van der Waals surface area contributed by atoms with Crippen LogP contribution in [0, 0.1) is 0 Å². The highest BCUT2D eigenvalue weighted by molar-refractivity contribution is 5.96. The lowest BCUT2D eigenvalue weighted by Crippen LogP contribution is -2.17. The molecule has 0 aliphatic heterocycles.